The maximum Gasteiger partial charge on any atom is 0.276 e. The minimum absolute atomic E-state index is 0.135. The van der Waals surface area contributed by atoms with Crippen LogP contribution >= 0.6 is 0 Å². The van der Waals surface area contributed by atoms with Crippen molar-refractivity contribution < 1.29 is 4.79 Å². The van der Waals surface area contributed by atoms with Crippen LogP contribution in [0.25, 0.3) is 10.8 Å². The molecule has 0 aliphatic rings. The zero-order chi connectivity index (χ0) is 18.1. The summed E-state index contributed by atoms with van der Waals surface area (Å²) in [5.74, 6) is -0.320. The Morgan fingerprint density at radius 3 is 2.40 bits per heavy atom. The summed E-state index contributed by atoms with van der Waals surface area (Å²) in [6, 6.07) is 12.7. The molecule has 0 radical (unpaired) electrons. The van der Waals surface area contributed by atoms with Crippen LogP contribution < -0.4 is 10.9 Å². The molecule has 0 fully saturated rings. The Balaban J connectivity index is 2.14. The zero-order valence-electron chi connectivity index (χ0n) is 14.8. The summed E-state index contributed by atoms with van der Waals surface area (Å²) < 4.78 is 1.36. The van der Waals surface area contributed by atoms with Crippen molar-refractivity contribution in [3.8, 4) is 0 Å². The molecule has 5 nitrogen and oxygen atoms in total. The van der Waals surface area contributed by atoms with Crippen LogP contribution in [0.5, 0.6) is 0 Å². The number of aromatic nitrogens is 2. The number of carbonyl (C=O) groups excluding carboxylic acids is 1. The monoisotopic (exact) mass is 335 g/mol. The number of benzene rings is 2. The fraction of sp³-hybridized carbons (Fsp3) is 0.250. The van der Waals surface area contributed by atoms with Crippen LogP contribution in [-0.2, 0) is 0 Å². The average molecular weight is 335 g/mol. The van der Waals surface area contributed by atoms with E-state index in [0.717, 1.165) is 16.8 Å². The van der Waals surface area contributed by atoms with Crippen molar-refractivity contribution in [1.29, 1.82) is 0 Å². The van der Waals surface area contributed by atoms with Crippen molar-refractivity contribution in [2.24, 2.45) is 0 Å². The van der Waals surface area contributed by atoms with Crippen LogP contribution in [0.4, 0.5) is 5.69 Å². The third-order valence-corrected chi connectivity index (χ3v) is 4.39. The number of nitrogens with one attached hydrogen (secondary N) is 1. The lowest BCUT2D eigenvalue weighted by molar-refractivity contribution is 0.102. The molecule has 1 aromatic heterocycles. The van der Waals surface area contributed by atoms with Crippen molar-refractivity contribution in [2.45, 2.75) is 33.7 Å². The molecule has 128 valence electrons. The smallest absolute Gasteiger partial charge is 0.276 e. The van der Waals surface area contributed by atoms with Crippen LogP contribution in [0.15, 0.2) is 47.3 Å². The molecule has 0 saturated heterocycles. The van der Waals surface area contributed by atoms with Gasteiger partial charge < -0.3 is 5.32 Å². The third-order valence-electron chi connectivity index (χ3n) is 4.39. The summed E-state index contributed by atoms with van der Waals surface area (Å²) in [5, 5.41) is 8.33. The van der Waals surface area contributed by atoms with Gasteiger partial charge in [0.05, 0.1) is 11.4 Å². The van der Waals surface area contributed by atoms with Crippen molar-refractivity contribution in [1.82, 2.24) is 9.78 Å². The van der Waals surface area contributed by atoms with E-state index in [1.807, 2.05) is 45.9 Å². The topological polar surface area (TPSA) is 64.0 Å². The van der Waals surface area contributed by atoms with Crippen LogP contribution in [0.2, 0.25) is 0 Å². The molecule has 2 aromatic carbocycles. The number of anilines is 1. The van der Waals surface area contributed by atoms with Gasteiger partial charge in [-0.05, 0) is 51.0 Å². The Hall–Kier alpha value is -2.95. The number of fused-ring (bicyclic) bond motifs is 1. The number of hydrogen-bond donors (Lipinski definition) is 1. The van der Waals surface area contributed by atoms with E-state index in [-0.39, 0.29) is 23.2 Å². The summed E-state index contributed by atoms with van der Waals surface area (Å²) in [5.41, 5.74) is 2.93. The van der Waals surface area contributed by atoms with Gasteiger partial charge in [0.1, 0.15) is 0 Å². The van der Waals surface area contributed by atoms with E-state index in [0.29, 0.717) is 10.8 Å². The minimum Gasteiger partial charge on any atom is -0.320 e. The summed E-state index contributed by atoms with van der Waals surface area (Å²) in [7, 11) is 0. The van der Waals surface area contributed by atoms with Gasteiger partial charge in [0.2, 0.25) is 0 Å². The normalized spacial score (nSPS) is 11.1. The van der Waals surface area contributed by atoms with Gasteiger partial charge in [-0.2, -0.15) is 5.10 Å². The molecule has 0 spiro atoms. The Kier molecular flexibility index (Phi) is 4.40. The first-order chi connectivity index (χ1) is 11.9. The van der Waals surface area contributed by atoms with Crippen LogP contribution in [0, 0.1) is 13.8 Å². The molecule has 5 heteroatoms. The molecule has 0 aliphatic heterocycles. The lowest BCUT2D eigenvalue weighted by Gasteiger charge is -2.14. The average Bonchev–Trinajstić information content (AvgIpc) is 2.59. The lowest BCUT2D eigenvalue weighted by atomic mass is 10.1. The largest absolute Gasteiger partial charge is 0.320 e. The molecule has 0 saturated carbocycles. The molecule has 25 heavy (non-hydrogen) atoms. The SMILES string of the molecule is Cc1cccc(NC(=O)c2nn(C(C)C)c(=O)c3ccccc23)c1C. The molecule has 3 aromatic rings. The second kappa shape index (κ2) is 6.51. The predicted octanol–water partition coefficient (Wildman–Crippen LogP) is 3.85. The molecule has 1 heterocycles. The number of hydrogen-bond acceptors (Lipinski definition) is 3. The highest BCUT2D eigenvalue weighted by atomic mass is 16.2. The van der Waals surface area contributed by atoms with Crippen molar-refractivity contribution in [3.05, 3.63) is 69.6 Å². The second-order valence-electron chi connectivity index (χ2n) is 6.44. The number of nitrogens with zero attached hydrogens (tertiary/aromatic N) is 2. The van der Waals surface area contributed by atoms with Gasteiger partial charge in [0, 0.05) is 11.1 Å². The zero-order valence-corrected chi connectivity index (χ0v) is 14.8. The standard InChI is InChI=1S/C20H21N3O2/c1-12(2)23-20(25)16-10-6-5-9-15(16)18(22-23)19(24)21-17-11-7-8-13(3)14(17)4/h5-12H,1-4H3,(H,21,24). The molecule has 3 rings (SSSR count). The van der Waals surface area contributed by atoms with Gasteiger partial charge in [-0.3, -0.25) is 9.59 Å². The van der Waals surface area contributed by atoms with Gasteiger partial charge in [-0.1, -0.05) is 30.3 Å². The van der Waals surface area contributed by atoms with E-state index in [1.165, 1.54) is 4.68 Å². The predicted molar refractivity (Wildman–Crippen MR) is 100 cm³/mol. The molecular weight excluding hydrogens is 314 g/mol. The highest BCUT2D eigenvalue weighted by Crippen LogP contribution is 2.20. The number of aryl methyl sites for hydroxylation is 1. The Bertz CT molecular complexity index is 1020. The fourth-order valence-electron chi connectivity index (χ4n) is 2.79. The molecule has 1 amide bonds. The van der Waals surface area contributed by atoms with Crippen LogP contribution in [0.3, 0.4) is 0 Å². The molecule has 0 bridgehead atoms. The first kappa shape index (κ1) is 16.9. The van der Waals surface area contributed by atoms with E-state index in [4.69, 9.17) is 0 Å². The quantitative estimate of drug-likeness (QED) is 0.791. The Labute approximate surface area is 146 Å². The van der Waals surface area contributed by atoms with E-state index in [2.05, 4.69) is 10.4 Å². The lowest BCUT2D eigenvalue weighted by Crippen LogP contribution is -2.29. The van der Waals surface area contributed by atoms with E-state index in [1.54, 1.807) is 24.3 Å². The maximum atomic E-state index is 12.9. The summed E-state index contributed by atoms with van der Waals surface area (Å²) in [6.07, 6.45) is 0. The first-order valence-corrected chi connectivity index (χ1v) is 8.29. The summed E-state index contributed by atoms with van der Waals surface area (Å²) >= 11 is 0. The van der Waals surface area contributed by atoms with Crippen LogP contribution in [-0.4, -0.2) is 15.7 Å². The van der Waals surface area contributed by atoms with Crippen LogP contribution in [0.1, 0.15) is 41.5 Å². The highest BCUT2D eigenvalue weighted by molar-refractivity contribution is 6.11. The van der Waals surface area contributed by atoms with Gasteiger partial charge in [-0.15, -0.1) is 0 Å². The summed E-state index contributed by atoms with van der Waals surface area (Å²) in [6.45, 7) is 7.70. The number of rotatable bonds is 3. The van der Waals surface area contributed by atoms with E-state index in [9.17, 15) is 9.59 Å². The Morgan fingerprint density at radius 1 is 1.04 bits per heavy atom. The number of carbonyl (C=O) groups is 1. The van der Waals surface area contributed by atoms with Gasteiger partial charge in [-0.25, -0.2) is 4.68 Å². The van der Waals surface area contributed by atoms with Gasteiger partial charge >= 0.3 is 0 Å². The summed E-state index contributed by atoms with van der Waals surface area (Å²) in [4.78, 5) is 25.5. The first-order valence-electron chi connectivity index (χ1n) is 8.29. The molecular formula is C20H21N3O2. The highest BCUT2D eigenvalue weighted by Gasteiger charge is 2.18. The maximum absolute atomic E-state index is 12.9. The minimum atomic E-state index is -0.320. The van der Waals surface area contributed by atoms with E-state index < -0.39 is 0 Å². The Morgan fingerprint density at radius 2 is 1.72 bits per heavy atom. The van der Waals surface area contributed by atoms with E-state index >= 15 is 0 Å². The second-order valence-corrected chi connectivity index (χ2v) is 6.44. The molecule has 1 N–H and O–H groups in total. The fourth-order valence-corrected chi connectivity index (χ4v) is 2.79. The van der Waals surface area contributed by atoms with Crippen molar-refractivity contribution in [2.75, 3.05) is 5.32 Å². The molecule has 0 aliphatic carbocycles. The van der Waals surface area contributed by atoms with Gasteiger partial charge in [0.15, 0.2) is 5.69 Å². The third kappa shape index (κ3) is 3.05. The molecule has 0 unspecified atom stereocenters. The van der Waals surface area contributed by atoms with Crippen molar-refractivity contribution >= 4 is 22.4 Å². The molecule has 0 atom stereocenters. The van der Waals surface area contributed by atoms with Gasteiger partial charge in [0.25, 0.3) is 11.5 Å². The number of amides is 1. The van der Waals surface area contributed by atoms with Crippen molar-refractivity contribution in [3.63, 3.8) is 0 Å².